The average Bonchev–Trinajstić information content (AvgIpc) is 2.39. The monoisotopic (exact) mass is 289 g/mol. The first-order valence-electron chi connectivity index (χ1n) is 5.91. The van der Waals surface area contributed by atoms with Crippen molar-refractivity contribution in [3.63, 3.8) is 0 Å². The van der Waals surface area contributed by atoms with Crippen LogP contribution in [0.4, 0.5) is 8.78 Å². The number of rotatable bonds is 5. The molecule has 0 bridgehead atoms. The summed E-state index contributed by atoms with van der Waals surface area (Å²) in [6.07, 6.45) is 0. The number of carbonyl (C=O) groups is 1. The van der Waals surface area contributed by atoms with Crippen molar-refractivity contribution in [2.75, 3.05) is 18.6 Å². The van der Waals surface area contributed by atoms with Crippen LogP contribution in [0.3, 0.4) is 0 Å². The molecule has 0 unspecified atom stereocenters. The summed E-state index contributed by atoms with van der Waals surface area (Å²) in [7, 11) is 1.59. The number of phenolic OH excluding ortho intramolecular Hbond substituents is 1. The summed E-state index contributed by atoms with van der Waals surface area (Å²) in [4.78, 5) is 13.5. The Kier molecular flexibility index (Phi) is 5.60. The zero-order valence-electron chi connectivity index (χ0n) is 11.1. The molecule has 1 rings (SSSR count). The number of halogens is 2. The molecule has 106 valence electrons. The summed E-state index contributed by atoms with van der Waals surface area (Å²) in [5.74, 6) is -2.10. The largest absolute Gasteiger partial charge is 0.503 e. The minimum atomic E-state index is -1.13. The maximum absolute atomic E-state index is 13.2. The predicted molar refractivity (Wildman–Crippen MR) is 72.6 cm³/mol. The smallest absolute Gasteiger partial charge is 0.254 e. The molecule has 0 radical (unpaired) electrons. The first-order chi connectivity index (χ1) is 8.88. The lowest BCUT2D eigenvalue weighted by atomic mass is 10.1. The summed E-state index contributed by atoms with van der Waals surface area (Å²) < 4.78 is 26.4. The molecule has 0 aliphatic carbocycles. The fourth-order valence-corrected chi connectivity index (χ4v) is 2.29. The number of benzene rings is 1. The molecule has 1 atom stereocenters. The van der Waals surface area contributed by atoms with Crippen molar-refractivity contribution < 1.29 is 18.7 Å². The van der Waals surface area contributed by atoms with E-state index in [1.165, 1.54) is 4.90 Å². The van der Waals surface area contributed by atoms with Crippen LogP contribution in [-0.2, 0) is 0 Å². The van der Waals surface area contributed by atoms with Crippen LogP contribution in [0.2, 0.25) is 0 Å². The Morgan fingerprint density at radius 1 is 1.42 bits per heavy atom. The van der Waals surface area contributed by atoms with Gasteiger partial charge in [-0.1, -0.05) is 6.92 Å². The number of aromatic hydroxyl groups is 1. The minimum absolute atomic E-state index is 0.0441. The molecule has 6 heteroatoms. The number of nitrogens with zero attached hydrogens (tertiary/aromatic N) is 1. The molecule has 1 N–H and O–H groups in total. The van der Waals surface area contributed by atoms with Gasteiger partial charge in [0.15, 0.2) is 17.4 Å². The van der Waals surface area contributed by atoms with Gasteiger partial charge in [0.05, 0.1) is 0 Å². The van der Waals surface area contributed by atoms with Crippen molar-refractivity contribution in [2.24, 2.45) is 0 Å². The molecule has 3 nitrogen and oxygen atoms in total. The molecule has 0 fully saturated rings. The third kappa shape index (κ3) is 3.83. The van der Waals surface area contributed by atoms with Gasteiger partial charge >= 0.3 is 0 Å². The highest BCUT2D eigenvalue weighted by Gasteiger charge is 2.20. The molecule has 0 saturated heterocycles. The number of hydrogen-bond donors (Lipinski definition) is 1. The predicted octanol–water partition coefficient (Wildman–Crippen LogP) is 2.88. The van der Waals surface area contributed by atoms with E-state index in [1.54, 1.807) is 18.8 Å². The van der Waals surface area contributed by atoms with Gasteiger partial charge in [-0.25, -0.2) is 8.78 Å². The number of thioether (sulfide) groups is 1. The fraction of sp³-hybridized carbons (Fsp3) is 0.462. The number of amides is 1. The van der Waals surface area contributed by atoms with Crippen molar-refractivity contribution in [2.45, 2.75) is 19.9 Å². The SMILES string of the molecule is CCSC[C@@H](C)N(C)C(=O)c1cc(F)c(O)c(F)c1. The number of hydrogen-bond acceptors (Lipinski definition) is 3. The Balaban J connectivity index is 2.88. The Bertz CT molecular complexity index is 445. The van der Waals surface area contributed by atoms with E-state index < -0.39 is 23.3 Å². The molecule has 19 heavy (non-hydrogen) atoms. The van der Waals surface area contributed by atoms with Crippen LogP contribution in [0.5, 0.6) is 5.75 Å². The van der Waals surface area contributed by atoms with Crippen molar-refractivity contribution in [1.82, 2.24) is 4.90 Å². The molecular weight excluding hydrogens is 272 g/mol. The summed E-state index contributed by atoms with van der Waals surface area (Å²) in [5, 5.41) is 9.00. The van der Waals surface area contributed by atoms with Crippen LogP contribution in [0, 0.1) is 11.6 Å². The Labute approximate surface area is 115 Å². The Morgan fingerprint density at radius 2 is 1.95 bits per heavy atom. The van der Waals surface area contributed by atoms with Crippen molar-refractivity contribution >= 4 is 17.7 Å². The van der Waals surface area contributed by atoms with E-state index in [1.807, 2.05) is 13.8 Å². The van der Waals surface area contributed by atoms with Crippen LogP contribution in [0.1, 0.15) is 24.2 Å². The van der Waals surface area contributed by atoms with Crippen molar-refractivity contribution in [3.8, 4) is 5.75 Å². The van der Waals surface area contributed by atoms with E-state index in [2.05, 4.69) is 0 Å². The highest BCUT2D eigenvalue weighted by atomic mass is 32.2. The van der Waals surface area contributed by atoms with Crippen molar-refractivity contribution in [3.05, 3.63) is 29.3 Å². The third-order valence-electron chi connectivity index (χ3n) is 2.81. The molecule has 1 aromatic rings. The summed E-state index contributed by atoms with van der Waals surface area (Å²) in [6, 6.07) is 1.64. The number of carbonyl (C=O) groups excluding carboxylic acids is 1. The topological polar surface area (TPSA) is 40.5 Å². The van der Waals surface area contributed by atoms with Gasteiger partial charge in [-0.15, -0.1) is 0 Å². The summed E-state index contributed by atoms with van der Waals surface area (Å²) in [6.45, 7) is 3.89. The van der Waals surface area contributed by atoms with E-state index in [0.717, 1.165) is 23.6 Å². The second kappa shape index (κ2) is 6.75. The fourth-order valence-electron chi connectivity index (χ4n) is 1.49. The lowest BCUT2D eigenvalue weighted by Crippen LogP contribution is -2.36. The standard InChI is InChI=1S/C13H17F2NO2S/c1-4-19-7-8(2)16(3)13(18)9-5-10(14)12(17)11(15)6-9/h5-6,8,17H,4,7H2,1-3H3/t8-/m1/s1. The summed E-state index contributed by atoms with van der Waals surface area (Å²) in [5.41, 5.74) is -0.108. The second-order valence-electron chi connectivity index (χ2n) is 4.21. The number of phenols is 1. The van der Waals surface area contributed by atoms with Gasteiger partial charge < -0.3 is 10.0 Å². The van der Waals surface area contributed by atoms with Crippen LogP contribution in [0.25, 0.3) is 0 Å². The first-order valence-corrected chi connectivity index (χ1v) is 7.06. The highest BCUT2D eigenvalue weighted by molar-refractivity contribution is 7.99. The van der Waals surface area contributed by atoms with Crippen LogP contribution in [0.15, 0.2) is 12.1 Å². The average molecular weight is 289 g/mol. The van der Waals surface area contributed by atoms with Gasteiger partial charge in [-0.05, 0) is 24.8 Å². The molecular formula is C13H17F2NO2S. The molecule has 1 amide bonds. The highest BCUT2D eigenvalue weighted by Crippen LogP contribution is 2.22. The lowest BCUT2D eigenvalue weighted by Gasteiger charge is -2.24. The zero-order valence-corrected chi connectivity index (χ0v) is 11.9. The molecule has 0 heterocycles. The second-order valence-corrected chi connectivity index (χ2v) is 5.53. The van der Waals surface area contributed by atoms with E-state index in [0.29, 0.717) is 0 Å². The van der Waals surface area contributed by atoms with E-state index in [-0.39, 0.29) is 11.6 Å². The van der Waals surface area contributed by atoms with E-state index >= 15 is 0 Å². The van der Waals surface area contributed by atoms with Crippen LogP contribution < -0.4 is 0 Å². The minimum Gasteiger partial charge on any atom is -0.503 e. The molecule has 0 aromatic heterocycles. The first kappa shape index (κ1) is 15.8. The Morgan fingerprint density at radius 3 is 2.42 bits per heavy atom. The van der Waals surface area contributed by atoms with Gasteiger partial charge in [0.25, 0.3) is 5.91 Å². The Hall–Kier alpha value is -1.30. The van der Waals surface area contributed by atoms with Gasteiger partial charge in [0.2, 0.25) is 0 Å². The van der Waals surface area contributed by atoms with Gasteiger partial charge in [-0.3, -0.25) is 4.79 Å². The molecule has 0 aliphatic heterocycles. The van der Waals surface area contributed by atoms with Crippen molar-refractivity contribution in [1.29, 1.82) is 0 Å². The van der Waals surface area contributed by atoms with Crippen LogP contribution >= 0.6 is 11.8 Å². The maximum atomic E-state index is 13.2. The lowest BCUT2D eigenvalue weighted by molar-refractivity contribution is 0.0756. The van der Waals surface area contributed by atoms with E-state index in [9.17, 15) is 13.6 Å². The molecule has 0 spiro atoms. The van der Waals surface area contributed by atoms with Gasteiger partial charge in [-0.2, -0.15) is 11.8 Å². The molecule has 1 aromatic carbocycles. The van der Waals surface area contributed by atoms with E-state index in [4.69, 9.17) is 5.11 Å². The molecule has 0 aliphatic rings. The maximum Gasteiger partial charge on any atom is 0.254 e. The van der Waals surface area contributed by atoms with Crippen LogP contribution in [-0.4, -0.2) is 40.5 Å². The quantitative estimate of drug-likeness (QED) is 0.906. The zero-order chi connectivity index (χ0) is 14.6. The van der Waals surface area contributed by atoms with Gasteiger partial charge in [0.1, 0.15) is 0 Å². The van der Waals surface area contributed by atoms with Gasteiger partial charge in [0, 0.05) is 24.4 Å². The third-order valence-corrected chi connectivity index (χ3v) is 3.93. The molecule has 0 saturated carbocycles. The summed E-state index contributed by atoms with van der Waals surface area (Å²) >= 11 is 1.68. The normalized spacial score (nSPS) is 12.3.